The van der Waals surface area contributed by atoms with E-state index < -0.39 is 93.4 Å². The van der Waals surface area contributed by atoms with Crippen LogP contribution in [0.2, 0.25) is 0 Å². The second kappa shape index (κ2) is 18.3. The monoisotopic (exact) mass is 774 g/mol. The third-order valence-electron chi connectivity index (χ3n) is 8.09. The van der Waals surface area contributed by atoms with Gasteiger partial charge in [-0.1, -0.05) is 0 Å². The molecule has 1 N–H and O–H groups in total. The lowest BCUT2D eigenvalue weighted by Crippen LogP contribution is -2.50. The van der Waals surface area contributed by atoms with Gasteiger partial charge < -0.3 is 52.1 Å². The molecule has 1 saturated carbocycles. The topological polar surface area (TPSA) is 235 Å². The van der Waals surface area contributed by atoms with Crippen molar-refractivity contribution < 1.29 is 84.2 Å². The SMILES string of the molecule is COCC(COC)OC(=O)OCOP(=O)(OCOC(=O)OC(COC)COC)O[C@@]1(CF)O[C@@H](n2ccc(=O)[nH]c2=O)[C@]2(C)OC3(CCCC3)O[C@H]12. The number of hydrogen-bond acceptors (Lipinski definition) is 19. The number of aromatic amines is 1. The molecule has 52 heavy (non-hydrogen) atoms. The number of phosphoric acid groups is 1. The fraction of sp³-hybridized carbons (Fsp3) is 0.793. The van der Waals surface area contributed by atoms with Gasteiger partial charge in [0, 0.05) is 53.5 Å². The Bertz CT molecular complexity index is 1450. The first-order valence-electron chi connectivity index (χ1n) is 16.0. The summed E-state index contributed by atoms with van der Waals surface area (Å²) in [7, 11) is 0.197. The molecule has 4 atom stereocenters. The van der Waals surface area contributed by atoms with Crippen molar-refractivity contribution in [3.8, 4) is 0 Å². The number of halogens is 1. The number of alkyl halides is 1. The van der Waals surface area contributed by atoms with Gasteiger partial charge in [0.25, 0.3) is 5.56 Å². The van der Waals surface area contributed by atoms with Gasteiger partial charge in [-0.2, -0.15) is 0 Å². The fourth-order valence-corrected chi connectivity index (χ4v) is 7.14. The molecule has 21 nitrogen and oxygen atoms in total. The Morgan fingerprint density at radius 3 is 1.90 bits per heavy atom. The van der Waals surface area contributed by atoms with Crippen molar-refractivity contribution in [1.29, 1.82) is 0 Å². The fourth-order valence-electron chi connectivity index (χ4n) is 6.03. The van der Waals surface area contributed by atoms with Crippen molar-refractivity contribution in [2.45, 2.75) is 74.3 Å². The van der Waals surface area contributed by atoms with Crippen LogP contribution < -0.4 is 11.2 Å². The zero-order valence-electron chi connectivity index (χ0n) is 29.3. The average Bonchev–Trinajstić information content (AvgIpc) is 3.72. The summed E-state index contributed by atoms with van der Waals surface area (Å²) in [5.41, 5.74) is -3.38. The second-order valence-corrected chi connectivity index (χ2v) is 13.6. The summed E-state index contributed by atoms with van der Waals surface area (Å²) in [6.45, 7) is -2.72. The molecule has 23 heteroatoms. The summed E-state index contributed by atoms with van der Waals surface area (Å²) in [6.07, 6.45) is -4.28. The summed E-state index contributed by atoms with van der Waals surface area (Å²) in [6, 6.07) is 1.03. The number of ether oxygens (including phenoxy) is 11. The largest absolute Gasteiger partial charge is 0.510 e. The van der Waals surface area contributed by atoms with Gasteiger partial charge in [-0.15, -0.1) is 0 Å². The van der Waals surface area contributed by atoms with Gasteiger partial charge in [-0.3, -0.25) is 14.3 Å². The molecule has 3 aliphatic rings. The number of carbonyl (C=O) groups is 2. The molecule has 1 aromatic rings. The molecule has 1 spiro atoms. The third kappa shape index (κ3) is 9.94. The number of phosphoric ester groups is 1. The number of fused-ring (bicyclic) bond motifs is 1. The maximum atomic E-state index is 15.5. The third-order valence-corrected chi connectivity index (χ3v) is 9.47. The van der Waals surface area contributed by atoms with E-state index in [4.69, 9.17) is 65.7 Å². The van der Waals surface area contributed by atoms with Gasteiger partial charge in [0.15, 0.2) is 30.3 Å². The number of nitrogens with one attached hydrogen (secondary N) is 1. The number of methoxy groups -OCH3 is 4. The first-order valence-corrected chi connectivity index (χ1v) is 17.4. The molecule has 0 unspecified atom stereocenters. The molecule has 4 rings (SSSR count). The van der Waals surface area contributed by atoms with Gasteiger partial charge in [-0.05, 0) is 19.8 Å². The Balaban J connectivity index is 1.60. The van der Waals surface area contributed by atoms with Crippen molar-refractivity contribution in [1.82, 2.24) is 9.55 Å². The van der Waals surface area contributed by atoms with E-state index >= 15 is 4.39 Å². The summed E-state index contributed by atoms with van der Waals surface area (Å²) >= 11 is 0. The van der Waals surface area contributed by atoms with Crippen molar-refractivity contribution >= 4 is 20.1 Å². The van der Waals surface area contributed by atoms with E-state index in [9.17, 15) is 23.7 Å². The molecule has 0 radical (unpaired) electrons. The van der Waals surface area contributed by atoms with Crippen LogP contribution in [-0.2, 0) is 70.2 Å². The molecule has 1 aromatic heterocycles. The molecule has 3 heterocycles. The van der Waals surface area contributed by atoms with Gasteiger partial charge in [0.05, 0.1) is 26.4 Å². The number of aromatic nitrogens is 2. The average molecular weight is 775 g/mol. The summed E-state index contributed by atoms with van der Waals surface area (Å²) in [5, 5.41) is 0. The van der Waals surface area contributed by atoms with Gasteiger partial charge in [0.2, 0.25) is 19.4 Å². The van der Waals surface area contributed by atoms with Crippen LogP contribution in [0.15, 0.2) is 21.9 Å². The van der Waals surface area contributed by atoms with E-state index in [0.29, 0.717) is 25.7 Å². The Morgan fingerprint density at radius 1 is 0.923 bits per heavy atom. The van der Waals surface area contributed by atoms with E-state index in [1.54, 1.807) is 0 Å². The number of hydrogen-bond donors (Lipinski definition) is 1. The van der Waals surface area contributed by atoms with Crippen LogP contribution in [-0.4, -0.2) is 132 Å². The van der Waals surface area contributed by atoms with Crippen molar-refractivity contribution in [3.63, 3.8) is 0 Å². The molecular formula is C29H44FN2O19P. The van der Waals surface area contributed by atoms with Gasteiger partial charge in [-0.25, -0.2) is 36.9 Å². The zero-order chi connectivity index (χ0) is 38.0. The summed E-state index contributed by atoms with van der Waals surface area (Å²) in [5.74, 6) is -3.97. The Kier molecular flexibility index (Phi) is 14.7. The lowest BCUT2D eigenvalue weighted by molar-refractivity contribution is -0.294. The van der Waals surface area contributed by atoms with Crippen LogP contribution in [0.5, 0.6) is 0 Å². The first kappa shape index (κ1) is 41.7. The number of carbonyl (C=O) groups excluding carboxylic acids is 2. The van der Waals surface area contributed by atoms with Crippen LogP contribution in [0.25, 0.3) is 0 Å². The predicted octanol–water partition coefficient (Wildman–Crippen LogP) is 1.88. The van der Waals surface area contributed by atoms with Crippen LogP contribution in [0.3, 0.4) is 0 Å². The highest BCUT2D eigenvalue weighted by atomic mass is 31.2. The molecular weight excluding hydrogens is 730 g/mol. The maximum absolute atomic E-state index is 15.5. The highest BCUT2D eigenvalue weighted by Crippen LogP contribution is 2.63. The van der Waals surface area contributed by atoms with Crippen molar-refractivity contribution in [2.75, 3.05) is 75.1 Å². The van der Waals surface area contributed by atoms with Gasteiger partial charge >= 0.3 is 25.8 Å². The second-order valence-electron chi connectivity index (χ2n) is 12.0. The molecule has 296 valence electrons. The van der Waals surface area contributed by atoms with E-state index in [0.717, 1.165) is 16.8 Å². The first-order chi connectivity index (χ1) is 24.8. The van der Waals surface area contributed by atoms with Crippen LogP contribution in [0.1, 0.15) is 38.8 Å². The quantitative estimate of drug-likeness (QED) is 0.113. The Hall–Kier alpha value is -3.02. The standard InChI is InChI=1S/C29H44FN2O19P/c1-27-22(48-28(50-27)9-6-7-10-28)29(16-30,49-23(27)32-11-8-21(33)31-24(32)34)51-52(37,44-17-42-25(35)46-19(12-38-2)13-39-3)45-18-43-26(36)47-20(14-40-4)15-41-5/h8,11,19-20,22-23H,6-7,9-10,12-18H2,1-5H3,(H,31,33,34)/t22-,23+,27+,29+/m0/s1. The van der Waals surface area contributed by atoms with Crippen LogP contribution >= 0.6 is 7.82 Å². The van der Waals surface area contributed by atoms with E-state index in [2.05, 4.69) is 4.98 Å². The smallest absolute Gasteiger partial charge is 0.426 e. The minimum absolute atomic E-state index is 0.0583. The number of nitrogens with zero attached hydrogens (tertiary/aromatic N) is 1. The highest BCUT2D eigenvalue weighted by Gasteiger charge is 2.74. The van der Waals surface area contributed by atoms with Gasteiger partial charge in [0.1, 0.15) is 12.3 Å². The molecule has 3 fully saturated rings. The summed E-state index contributed by atoms with van der Waals surface area (Å²) in [4.78, 5) is 51.6. The molecule has 2 aliphatic heterocycles. The molecule has 0 bridgehead atoms. The lowest BCUT2D eigenvalue weighted by atomic mass is 9.95. The molecule has 0 aromatic carbocycles. The van der Waals surface area contributed by atoms with Crippen LogP contribution in [0.4, 0.5) is 14.0 Å². The minimum atomic E-state index is -5.25. The predicted molar refractivity (Wildman–Crippen MR) is 167 cm³/mol. The summed E-state index contributed by atoms with van der Waals surface area (Å²) < 4.78 is 105. The number of H-pyrrole nitrogens is 1. The van der Waals surface area contributed by atoms with E-state index in [1.165, 1.54) is 35.4 Å². The van der Waals surface area contributed by atoms with E-state index in [1.807, 2.05) is 0 Å². The molecule has 1 aliphatic carbocycles. The zero-order valence-corrected chi connectivity index (χ0v) is 30.2. The number of rotatable bonds is 20. The Morgan fingerprint density at radius 2 is 1.44 bits per heavy atom. The normalized spacial score (nSPS) is 25.2. The minimum Gasteiger partial charge on any atom is -0.426 e. The van der Waals surface area contributed by atoms with Crippen LogP contribution in [0, 0.1) is 0 Å². The Labute approximate surface area is 296 Å². The highest BCUT2D eigenvalue weighted by molar-refractivity contribution is 7.48. The lowest BCUT2D eigenvalue weighted by Gasteiger charge is -2.34. The molecule has 0 amide bonds. The maximum Gasteiger partial charge on any atom is 0.510 e. The molecule has 2 saturated heterocycles. The van der Waals surface area contributed by atoms with E-state index in [-0.39, 0.29) is 26.4 Å². The van der Waals surface area contributed by atoms with Crippen molar-refractivity contribution in [2.24, 2.45) is 0 Å². The van der Waals surface area contributed by atoms with Crippen molar-refractivity contribution in [3.05, 3.63) is 33.1 Å².